The standard InChI is InChI=1S/C10H19F3N2/c11-10(12,13)5-2-7-15-8-6-9(14)3-1-4-9/h15H,1-8,14H2. The molecule has 1 aliphatic carbocycles. The molecular formula is C10H19F3N2. The van der Waals surface area contributed by atoms with Crippen molar-refractivity contribution in [2.75, 3.05) is 13.1 Å². The molecule has 15 heavy (non-hydrogen) atoms. The zero-order valence-corrected chi connectivity index (χ0v) is 8.87. The van der Waals surface area contributed by atoms with Crippen molar-refractivity contribution in [2.24, 2.45) is 5.73 Å². The van der Waals surface area contributed by atoms with Crippen LogP contribution in [0.3, 0.4) is 0 Å². The van der Waals surface area contributed by atoms with Crippen LogP contribution in [0.4, 0.5) is 13.2 Å². The summed E-state index contributed by atoms with van der Waals surface area (Å²) in [5, 5.41) is 3.00. The van der Waals surface area contributed by atoms with Gasteiger partial charge >= 0.3 is 6.18 Å². The van der Waals surface area contributed by atoms with Crippen LogP contribution < -0.4 is 11.1 Å². The van der Waals surface area contributed by atoms with Crippen molar-refractivity contribution >= 4 is 0 Å². The maximum absolute atomic E-state index is 11.8. The molecule has 1 fully saturated rings. The van der Waals surface area contributed by atoms with Crippen molar-refractivity contribution in [3.05, 3.63) is 0 Å². The molecule has 1 saturated carbocycles. The lowest BCUT2D eigenvalue weighted by molar-refractivity contribution is -0.135. The molecule has 5 heteroatoms. The van der Waals surface area contributed by atoms with Crippen LogP contribution in [0.15, 0.2) is 0 Å². The topological polar surface area (TPSA) is 38.0 Å². The van der Waals surface area contributed by atoms with Gasteiger partial charge in [0.05, 0.1) is 0 Å². The lowest BCUT2D eigenvalue weighted by Crippen LogP contribution is -2.48. The first-order chi connectivity index (χ1) is 6.91. The second kappa shape index (κ2) is 5.16. The molecule has 0 heterocycles. The molecule has 0 aromatic heterocycles. The summed E-state index contributed by atoms with van der Waals surface area (Å²) >= 11 is 0. The van der Waals surface area contributed by atoms with Crippen LogP contribution in [0.1, 0.15) is 38.5 Å². The Morgan fingerprint density at radius 1 is 1.20 bits per heavy atom. The van der Waals surface area contributed by atoms with Crippen LogP contribution in [0.25, 0.3) is 0 Å². The molecule has 0 aromatic rings. The largest absolute Gasteiger partial charge is 0.389 e. The Morgan fingerprint density at radius 3 is 2.33 bits per heavy atom. The van der Waals surface area contributed by atoms with Crippen LogP contribution in [0.5, 0.6) is 0 Å². The van der Waals surface area contributed by atoms with E-state index in [2.05, 4.69) is 5.32 Å². The van der Waals surface area contributed by atoms with Crippen LogP contribution in [0, 0.1) is 0 Å². The van der Waals surface area contributed by atoms with E-state index < -0.39 is 12.6 Å². The van der Waals surface area contributed by atoms with Gasteiger partial charge in [-0.05, 0) is 45.2 Å². The molecule has 0 aliphatic heterocycles. The fourth-order valence-corrected chi connectivity index (χ4v) is 1.76. The quantitative estimate of drug-likeness (QED) is 0.679. The third-order valence-electron chi connectivity index (χ3n) is 2.96. The van der Waals surface area contributed by atoms with Crippen LogP contribution >= 0.6 is 0 Å². The van der Waals surface area contributed by atoms with E-state index in [-0.39, 0.29) is 12.0 Å². The van der Waals surface area contributed by atoms with E-state index >= 15 is 0 Å². The van der Waals surface area contributed by atoms with Crippen molar-refractivity contribution in [3.63, 3.8) is 0 Å². The minimum Gasteiger partial charge on any atom is -0.325 e. The highest BCUT2D eigenvalue weighted by Gasteiger charge is 2.31. The predicted octanol–water partition coefficient (Wildman–Crippen LogP) is 2.19. The Bertz CT molecular complexity index is 188. The van der Waals surface area contributed by atoms with Gasteiger partial charge in [0.2, 0.25) is 0 Å². The zero-order valence-electron chi connectivity index (χ0n) is 8.87. The van der Waals surface area contributed by atoms with Gasteiger partial charge in [-0.25, -0.2) is 0 Å². The number of alkyl halides is 3. The average Bonchev–Trinajstić information content (AvgIpc) is 2.06. The number of rotatable bonds is 6. The van der Waals surface area contributed by atoms with Crippen LogP contribution in [-0.4, -0.2) is 24.8 Å². The molecular weight excluding hydrogens is 205 g/mol. The van der Waals surface area contributed by atoms with Gasteiger partial charge < -0.3 is 11.1 Å². The summed E-state index contributed by atoms with van der Waals surface area (Å²) in [6.07, 6.45) is -0.405. The second-order valence-corrected chi connectivity index (χ2v) is 4.43. The van der Waals surface area contributed by atoms with Crippen molar-refractivity contribution < 1.29 is 13.2 Å². The Morgan fingerprint density at radius 2 is 1.87 bits per heavy atom. The van der Waals surface area contributed by atoms with Gasteiger partial charge in [0.15, 0.2) is 0 Å². The minimum atomic E-state index is -4.02. The number of nitrogens with one attached hydrogen (secondary N) is 1. The molecule has 1 rings (SSSR count). The third kappa shape index (κ3) is 5.37. The van der Waals surface area contributed by atoms with Crippen LogP contribution in [0.2, 0.25) is 0 Å². The number of halogens is 3. The summed E-state index contributed by atoms with van der Waals surface area (Å²) < 4.78 is 35.3. The molecule has 90 valence electrons. The summed E-state index contributed by atoms with van der Waals surface area (Å²) in [6.45, 7) is 1.16. The zero-order chi connectivity index (χ0) is 11.4. The molecule has 2 nitrogen and oxygen atoms in total. The van der Waals surface area contributed by atoms with E-state index in [1.165, 1.54) is 6.42 Å². The Labute approximate surface area is 88.4 Å². The molecule has 0 atom stereocenters. The number of hydrogen-bond donors (Lipinski definition) is 2. The van der Waals surface area contributed by atoms with Crippen molar-refractivity contribution in [1.29, 1.82) is 0 Å². The SMILES string of the molecule is NC1(CCNCCCC(F)(F)F)CCC1. The Kier molecular flexibility index (Phi) is 4.40. The normalized spacial score (nSPS) is 20.0. The smallest absolute Gasteiger partial charge is 0.325 e. The maximum atomic E-state index is 11.8. The molecule has 3 N–H and O–H groups in total. The molecule has 0 spiro atoms. The molecule has 0 bridgehead atoms. The van der Waals surface area contributed by atoms with Gasteiger partial charge in [0.1, 0.15) is 0 Å². The van der Waals surface area contributed by atoms with Gasteiger partial charge in [-0.1, -0.05) is 0 Å². The molecule has 0 saturated heterocycles. The van der Waals surface area contributed by atoms with E-state index in [1.54, 1.807) is 0 Å². The number of nitrogens with two attached hydrogens (primary N) is 1. The highest BCUT2D eigenvalue weighted by Crippen LogP contribution is 2.31. The molecule has 0 unspecified atom stereocenters. The second-order valence-electron chi connectivity index (χ2n) is 4.43. The number of hydrogen-bond acceptors (Lipinski definition) is 2. The lowest BCUT2D eigenvalue weighted by Gasteiger charge is -2.38. The van der Waals surface area contributed by atoms with Crippen molar-refractivity contribution in [1.82, 2.24) is 5.32 Å². The summed E-state index contributed by atoms with van der Waals surface area (Å²) in [7, 11) is 0. The average molecular weight is 224 g/mol. The van der Waals surface area contributed by atoms with Crippen molar-refractivity contribution in [2.45, 2.75) is 50.2 Å². The van der Waals surface area contributed by atoms with Gasteiger partial charge in [0, 0.05) is 12.0 Å². The van der Waals surface area contributed by atoms with E-state index in [4.69, 9.17) is 5.73 Å². The van der Waals surface area contributed by atoms with Gasteiger partial charge in [-0.2, -0.15) is 13.2 Å². The first-order valence-electron chi connectivity index (χ1n) is 5.48. The highest BCUT2D eigenvalue weighted by molar-refractivity contribution is 4.92. The lowest BCUT2D eigenvalue weighted by atomic mass is 9.75. The molecule has 0 amide bonds. The Balaban J connectivity index is 1.89. The third-order valence-corrected chi connectivity index (χ3v) is 2.96. The predicted molar refractivity (Wildman–Crippen MR) is 53.5 cm³/mol. The van der Waals surface area contributed by atoms with Gasteiger partial charge in [0.25, 0.3) is 0 Å². The van der Waals surface area contributed by atoms with E-state index in [1.807, 2.05) is 0 Å². The fraction of sp³-hybridized carbons (Fsp3) is 1.00. The summed E-state index contributed by atoms with van der Waals surface area (Å²) in [5.74, 6) is 0. The van der Waals surface area contributed by atoms with E-state index in [0.717, 1.165) is 25.8 Å². The Hall–Kier alpha value is -0.290. The summed E-state index contributed by atoms with van der Waals surface area (Å²) in [4.78, 5) is 0. The van der Waals surface area contributed by atoms with E-state index in [0.29, 0.717) is 6.54 Å². The molecule has 0 radical (unpaired) electrons. The van der Waals surface area contributed by atoms with Gasteiger partial charge in [-0.15, -0.1) is 0 Å². The minimum absolute atomic E-state index is 0.0307. The van der Waals surface area contributed by atoms with Gasteiger partial charge in [-0.3, -0.25) is 0 Å². The first-order valence-corrected chi connectivity index (χ1v) is 5.48. The molecule has 1 aliphatic rings. The summed E-state index contributed by atoms with van der Waals surface area (Å²) in [5.41, 5.74) is 5.94. The molecule has 0 aromatic carbocycles. The highest BCUT2D eigenvalue weighted by atomic mass is 19.4. The summed E-state index contributed by atoms with van der Waals surface area (Å²) in [6, 6.07) is 0. The maximum Gasteiger partial charge on any atom is 0.389 e. The monoisotopic (exact) mass is 224 g/mol. The first kappa shape index (κ1) is 12.8. The van der Waals surface area contributed by atoms with Crippen LogP contribution in [-0.2, 0) is 0 Å². The van der Waals surface area contributed by atoms with Crippen molar-refractivity contribution in [3.8, 4) is 0 Å². The van der Waals surface area contributed by atoms with E-state index in [9.17, 15) is 13.2 Å². The fourth-order valence-electron chi connectivity index (χ4n) is 1.76.